The molecule has 2 aromatic heterocycles. The molecule has 3 heterocycles. The molecular formula is C15H9BrFN3O2S. The fourth-order valence-corrected chi connectivity index (χ4v) is 3.94. The Hall–Kier alpha value is -2.06. The molecule has 0 saturated heterocycles. The standard InChI is InChI=1S/C15H9BrFN3O2S/c16-7-1-2-10(17)8(5-7)9-6-11(21)18-13-12(9)14(22)19-15-20(13)3-4-23-15/h1-5,9H,6H2,(H,18,21)/t9-/m0/s1. The summed E-state index contributed by atoms with van der Waals surface area (Å²) in [5, 5.41) is 4.50. The van der Waals surface area contributed by atoms with Crippen molar-refractivity contribution >= 4 is 44.0 Å². The molecule has 0 saturated carbocycles. The summed E-state index contributed by atoms with van der Waals surface area (Å²) in [6.45, 7) is 0. The molecular weight excluding hydrogens is 385 g/mol. The van der Waals surface area contributed by atoms with Gasteiger partial charge in [0.1, 0.15) is 11.6 Å². The van der Waals surface area contributed by atoms with E-state index in [2.05, 4.69) is 26.2 Å². The second kappa shape index (κ2) is 5.24. The normalized spacial score (nSPS) is 17.1. The minimum atomic E-state index is -0.659. The van der Waals surface area contributed by atoms with Gasteiger partial charge >= 0.3 is 0 Å². The average molecular weight is 394 g/mol. The van der Waals surface area contributed by atoms with Crippen LogP contribution in [0.25, 0.3) is 4.96 Å². The maximum atomic E-state index is 14.3. The lowest BCUT2D eigenvalue weighted by atomic mass is 9.86. The fourth-order valence-electron chi connectivity index (χ4n) is 2.86. The van der Waals surface area contributed by atoms with Gasteiger partial charge in [0.25, 0.3) is 5.56 Å². The van der Waals surface area contributed by atoms with E-state index in [-0.39, 0.29) is 12.3 Å². The Morgan fingerprint density at radius 2 is 2.22 bits per heavy atom. The van der Waals surface area contributed by atoms with Crippen LogP contribution in [0.15, 0.2) is 39.0 Å². The third-order valence-corrected chi connectivity index (χ3v) is 5.09. The van der Waals surface area contributed by atoms with Crippen molar-refractivity contribution in [1.29, 1.82) is 0 Å². The molecule has 0 unspecified atom stereocenters. The molecule has 1 aliphatic heterocycles. The van der Waals surface area contributed by atoms with Crippen LogP contribution in [-0.2, 0) is 4.79 Å². The van der Waals surface area contributed by atoms with Gasteiger partial charge < -0.3 is 5.32 Å². The molecule has 5 nitrogen and oxygen atoms in total. The summed E-state index contributed by atoms with van der Waals surface area (Å²) in [5.41, 5.74) is 0.189. The molecule has 0 radical (unpaired) electrons. The summed E-state index contributed by atoms with van der Waals surface area (Å²) in [7, 11) is 0. The van der Waals surface area contributed by atoms with E-state index < -0.39 is 17.3 Å². The Morgan fingerprint density at radius 1 is 1.39 bits per heavy atom. The van der Waals surface area contributed by atoms with E-state index in [1.807, 2.05) is 0 Å². The summed E-state index contributed by atoms with van der Waals surface area (Å²) in [6, 6.07) is 4.50. The Morgan fingerprint density at radius 3 is 3.04 bits per heavy atom. The van der Waals surface area contributed by atoms with E-state index in [1.54, 1.807) is 28.1 Å². The molecule has 23 heavy (non-hydrogen) atoms. The number of carbonyl (C=O) groups excluding carboxylic acids is 1. The van der Waals surface area contributed by atoms with Gasteiger partial charge in [-0.25, -0.2) is 4.39 Å². The number of hydrogen-bond donors (Lipinski definition) is 1. The first-order valence-electron chi connectivity index (χ1n) is 6.79. The smallest absolute Gasteiger partial charge is 0.279 e. The lowest BCUT2D eigenvalue weighted by molar-refractivity contribution is -0.116. The molecule has 0 fully saturated rings. The van der Waals surface area contributed by atoms with Crippen molar-refractivity contribution in [1.82, 2.24) is 9.38 Å². The Balaban J connectivity index is 2.03. The molecule has 3 aromatic rings. The van der Waals surface area contributed by atoms with Gasteiger partial charge in [-0.2, -0.15) is 4.98 Å². The Labute approximate surface area is 141 Å². The number of nitrogens with one attached hydrogen (secondary N) is 1. The molecule has 0 aliphatic carbocycles. The monoisotopic (exact) mass is 393 g/mol. The molecule has 0 bridgehead atoms. The third-order valence-electron chi connectivity index (χ3n) is 3.84. The summed E-state index contributed by atoms with van der Waals surface area (Å²) in [6.07, 6.45) is 1.73. The van der Waals surface area contributed by atoms with E-state index in [0.717, 1.165) is 0 Å². The average Bonchev–Trinajstić information content (AvgIpc) is 2.97. The molecule has 0 spiro atoms. The lowest BCUT2D eigenvalue weighted by Gasteiger charge is -2.25. The number of halogens is 2. The summed E-state index contributed by atoms with van der Waals surface area (Å²) in [5.74, 6) is -0.990. The highest BCUT2D eigenvalue weighted by atomic mass is 79.9. The van der Waals surface area contributed by atoms with Crippen molar-refractivity contribution in [3.63, 3.8) is 0 Å². The van der Waals surface area contributed by atoms with Gasteiger partial charge in [0.2, 0.25) is 5.91 Å². The summed E-state index contributed by atoms with van der Waals surface area (Å²) in [4.78, 5) is 29.1. The Bertz CT molecular complexity index is 1010. The highest BCUT2D eigenvalue weighted by molar-refractivity contribution is 9.10. The minimum absolute atomic E-state index is 0.00744. The highest BCUT2D eigenvalue weighted by Gasteiger charge is 2.33. The van der Waals surface area contributed by atoms with E-state index in [4.69, 9.17) is 0 Å². The van der Waals surface area contributed by atoms with Gasteiger partial charge in [-0.05, 0) is 23.8 Å². The van der Waals surface area contributed by atoms with Crippen molar-refractivity contribution in [2.75, 3.05) is 5.32 Å². The van der Waals surface area contributed by atoms with Gasteiger partial charge in [-0.3, -0.25) is 14.0 Å². The van der Waals surface area contributed by atoms with Crippen LogP contribution < -0.4 is 10.9 Å². The summed E-state index contributed by atoms with van der Waals surface area (Å²) < 4.78 is 16.6. The first-order valence-corrected chi connectivity index (χ1v) is 8.46. The van der Waals surface area contributed by atoms with Crippen molar-refractivity contribution in [2.24, 2.45) is 0 Å². The zero-order chi connectivity index (χ0) is 16.1. The number of carbonyl (C=O) groups is 1. The first kappa shape index (κ1) is 14.5. The predicted molar refractivity (Wildman–Crippen MR) is 88.5 cm³/mol. The maximum absolute atomic E-state index is 14.3. The van der Waals surface area contributed by atoms with Crippen molar-refractivity contribution in [2.45, 2.75) is 12.3 Å². The van der Waals surface area contributed by atoms with Gasteiger partial charge in [0, 0.05) is 28.4 Å². The van der Waals surface area contributed by atoms with Crippen LogP contribution in [0.3, 0.4) is 0 Å². The van der Waals surface area contributed by atoms with Crippen LogP contribution in [0.4, 0.5) is 10.2 Å². The topological polar surface area (TPSA) is 63.5 Å². The molecule has 116 valence electrons. The quantitative estimate of drug-likeness (QED) is 0.690. The van der Waals surface area contributed by atoms with E-state index >= 15 is 0 Å². The van der Waals surface area contributed by atoms with Gasteiger partial charge in [-0.1, -0.05) is 15.9 Å². The number of benzene rings is 1. The number of nitrogens with zero attached hydrogens (tertiary/aromatic N) is 2. The van der Waals surface area contributed by atoms with E-state index in [0.29, 0.717) is 26.4 Å². The molecule has 4 rings (SSSR count). The maximum Gasteiger partial charge on any atom is 0.279 e. The molecule has 1 N–H and O–H groups in total. The number of amides is 1. The molecule has 8 heteroatoms. The van der Waals surface area contributed by atoms with Crippen molar-refractivity contribution in [3.05, 3.63) is 61.5 Å². The fraction of sp³-hybridized carbons (Fsp3) is 0.133. The second-order valence-corrected chi connectivity index (χ2v) is 6.99. The number of anilines is 1. The summed E-state index contributed by atoms with van der Waals surface area (Å²) >= 11 is 4.60. The van der Waals surface area contributed by atoms with Crippen molar-refractivity contribution < 1.29 is 9.18 Å². The van der Waals surface area contributed by atoms with Crippen LogP contribution in [0.2, 0.25) is 0 Å². The zero-order valence-corrected chi connectivity index (χ0v) is 13.9. The zero-order valence-electron chi connectivity index (χ0n) is 11.5. The molecule has 1 aliphatic rings. The van der Waals surface area contributed by atoms with Gasteiger partial charge in [-0.15, -0.1) is 11.3 Å². The number of thiazole rings is 1. The van der Waals surface area contributed by atoms with Crippen LogP contribution in [0.5, 0.6) is 0 Å². The van der Waals surface area contributed by atoms with Crippen LogP contribution in [0.1, 0.15) is 23.5 Å². The second-order valence-electron chi connectivity index (χ2n) is 5.21. The van der Waals surface area contributed by atoms with Gasteiger partial charge in [0.05, 0.1) is 5.56 Å². The molecule has 1 atom stereocenters. The molecule has 1 aromatic carbocycles. The van der Waals surface area contributed by atoms with Crippen LogP contribution in [0, 0.1) is 5.82 Å². The number of hydrogen-bond acceptors (Lipinski definition) is 4. The number of rotatable bonds is 1. The highest BCUT2D eigenvalue weighted by Crippen LogP contribution is 2.37. The van der Waals surface area contributed by atoms with Gasteiger partial charge in [0.15, 0.2) is 4.96 Å². The van der Waals surface area contributed by atoms with Crippen LogP contribution >= 0.6 is 27.3 Å². The third kappa shape index (κ3) is 2.29. The van der Waals surface area contributed by atoms with E-state index in [9.17, 15) is 14.0 Å². The Kier molecular flexibility index (Phi) is 3.31. The number of aromatic nitrogens is 2. The lowest BCUT2D eigenvalue weighted by Crippen LogP contribution is -2.32. The first-order chi connectivity index (χ1) is 11.0. The van der Waals surface area contributed by atoms with Crippen LogP contribution in [-0.4, -0.2) is 15.3 Å². The SMILES string of the molecule is O=C1C[C@@H](c2cc(Br)ccc2F)c2c(n3ccsc3nc2=O)N1. The van der Waals surface area contributed by atoms with Crippen molar-refractivity contribution in [3.8, 4) is 0 Å². The predicted octanol–water partition coefficient (Wildman–Crippen LogP) is 3.13. The number of fused-ring (bicyclic) bond motifs is 3. The minimum Gasteiger partial charge on any atom is -0.311 e. The largest absolute Gasteiger partial charge is 0.311 e. The molecule has 1 amide bonds. The van der Waals surface area contributed by atoms with E-state index in [1.165, 1.54) is 17.4 Å².